The number of benzene rings is 1. The highest BCUT2D eigenvalue weighted by Gasteiger charge is 2.07. The van der Waals surface area contributed by atoms with Crippen LogP contribution in [-0.2, 0) is 9.53 Å². The molecule has 1 atom stereocenters. The second-order valence-electron chi connectivity index (χ2n) is 3.72. The molecule has 0 aliphatic rings. The Morgan fingerprint density at radius 1 is 1.50 bits per heavy atom. The van der Waals surface area contributed by atoms with E-state index in [1.165, 1.54) is 0 Å². The average molecular weight is 222 g/mol. The van der Waals surface area contributed by atoms with Crippen LogP contribution < -0.4 is 11.1 Å². The molecule has 1 rings (SSSR count). The molecule has 0 radical (unpaired) electrons. The molecule has 0 heterocycles. The molecule has 1 amide bonds. The van der Waals surface area contributed by atoms with Gasteiger partial charge in [0.2, 0.25) is 5.91 Å². The lowest BCUT2D eigenvalue weighted by Gasteiger charge is -2.10. The van der Waals surface area contributed by atoms with Crippen molar-refractivity contribution in [1.82, 2.24) is 0 Å². The van der Waals surface area contributed by atoms with Crippen LogP contribution in [0, 0.1) is 0 Å². The van der Waals surface area contributed by atoms with Gasteiger partial charge in [-0.15, -0.1) is 0 Å². The Morgan fingerprint density at radius 2 is 2.19 bits per heavy atom. The van der Waals surface area contributed by atoms with Crippen molar-refractivity contribution in [3.63, 3.8) is 0 Å². The first-order valence-corrected chi connectivity index (χ1v) is 5.30. The van der Waals surface area contributed by atoms with Gasteiger partial charge in [-0.1, -0.05) is 12.1 Å². The lowest BCUT2D eigenvalue weighted by molar-refractivity contribution is -0.116. The van der Waals surface area contributed by atoms with Crippen LogP contribution in [0.3, 0.4) is 0 Å². The predicted molar refractivity (Wildman–Crippen MR) is 65.2 cm³/mol. The second kappa shape index (κ2) is 6.12. The van der Waals surface area contributed by atoms with Crippen LogP contribution >= 0.6 is 0 Å². The lowest BCUT2D eigenvalue weighted by Crippen LogP contribution is -2.15. The van der Waals surface area contributed by atoms with Crippen LogP contribution in [0.2, 0.25) is 0 Å². The first kappa shape index (κ1) is 12.5. The summed E-state index contributed by atoms with van der Waals surface area (Å²) in [5.74, 6) is -0.0400. The number of carbonyl (C=O) groups is 1. The molecule has 0 aromatic heterocycles. The Bertz CT molecular complexity index is 353. The monoisotopic (exact) mass is 222 g/mol. The molecule has 0 saturated carbocycles. The molecule has 1 unspecified atom stereocenters. The first-order valence-electron chi connectivity index (χ1n) is 5.30. The summed E-state index contributed by atoms with van der Waals surface area (Å²) in [7, 11) is 1.64. The maximum atomic E-state index is 11.6. The number of nitrogens with two attached hydrogens (primary N) is 1. The highest BCUT2D eigenvalue weighted by Crippen LogP contribution is 2.17. The fourth-order valence-electron chi connectivity index (χ4n) is 1.28. The number of nitrogen functional groups attached to an aromatic ring is 1. The van der Waals surface area contributed by atoms with Crippen LogP contribution in [0.15, 0.2) is 24.3 Å². The zero-order chi connectivity index (χ0) is 12.0. The summed E-state index contributed by atoms with van der Waals surface area (Å²) in [5.41, 5.74) is 6.96. The number of para-hydroxylation sites is 2. The van der Waals surface area contributed by atoms with Gasteiger partial charge in [-0.2, -0.15) is 0 Å². The quantitative estimate of drug-likeness (QED) is 0.749. The Kier molecular flexibility index (Phi) is 4.79. The summed E-state index contributed by atoms with van der Waals surface area (Å²) in [6.07, 6.45) is 1.23. The van der Waals surface area contributed by atoms with E-state index in [1.54, 1.807) is 19.2 Å². The molecule has 0 bridgehead atoms. The third-order valence-corrected chi connectivity index (χ3v) is 2.42. The molecule has 0 saturated heterocycles. The van der Waals surface area contributed by atoms with E-state index in [2.05, 4.69) is 5.32 Å². The van der Waals surface area contributed by atoms with Gasteiger partial charge >= 0.3 is 0 Å². The summed E-state index contributed by atoms with van der Waals surface area (Å²) in [6.45, 7) is 1.93. The molecule has 88 valence electrons. The third-order valence-electron chi connectivity index (χ3n) is 2.42. The fourth-order valence-corrected chi connectivity index (χ4v) is 1.28. The van der Waals surface area contributed by atoms with E-state index in [1.807, 2.05) is 19.1 Å². The number of carbonyl (C=O) groups excluding carboxylic acids is 1. The van der Waals surface area contributed by atoms with Crippen molar-refractivity contribution in [3.8, 4) is 0 Å². The number of nitrogens with one attached hydrogen (secondary N) is 1. The number of hydrogen-bond donors (Lipinski definition) is 2. The van der Waals surface area contributed by atoms with E-state index in [9.17, 15) is 4.79 Å². The van der Waals surface area contributed by atoms with E-state index in [4.69, 9.17) is 10.5 Å². The number of anilines is 2. The van der Waals surface area contributed by atoms with Gasteiger partial charge in [-0.3, -0.25) is 4.79 Å². The number of hydrogen-bond acceptors (Lipinski definition) is 3. The van der Waals surface area contributed by atoms with Crippen LogP contribution in [-0.4, -0.2) is 19.1 Å². The topological polar surface area (TPSA) is 64.3 Å². The minimum atomic E-state index is -0.0400. The smallest absolute Gasteiger partial charge is 0.224 e. The Morgan fingerprint density at radius 3 is 2.81 bits per heavy atom. The van der Waals surface area contributed by atoms with E-state index in [0.717, 1.165) is 0 Å². The lowest BCUT2D eigenvalue weighted by atomic mass is 10.2. The van der Waals surface area contributed by atoms with E-state index >= 15 is 0 Å². The molecule has 3 N–H and O–H groups in total. The Balaban J connectivity index is 2.43. The van der Waals surface area contributed by atoms with E-state index in [0.29, 0.717) is 24.2 Å². The summed E-state index contributed by atoms with van der Waals surface area (Å²) in [6, 6.07) is 7.21. The van der Waals surface area contributed by atoms with Crippen molar-refractivity contribution in [2.24, 2.45) is 0 Å². The van der Waals surface area contributed by atoms with Gasteiger partial charge in [0, 0.05) is 13.5 Å². The highest BCUT2D eigenvalue weighted by molar-refractivity contribution is 5.93. The molecule has 4 nitrogen and oxygen atoms in total. The predicted octanol–water partition coefficient (Wildman–Crippen LogP) is 2.02. The summed E-state index contributed by atoms with van der Waals surface area (Å²) < 4.78 is 5.07. The van der Waals surface area contributed by atoms with Crippen molar-refractivity contribution in [2.75, 3.05) is 18.2 Å². The van der Waals surface area contributed by atoms with Gasteiger partial charge in [-0.05, 0) is 25.5 Å². The van der Waals surface area contributed by atoms with Gasteiger partial charge < -0.3 is 15.8 Å². The van der Waals surface area contributed by atoms with Gasteiger partial charge in [0.15, 0.2) is 0 Å². The van der Waals surface area contributed by atoms with E-state index in [-0.39, 0.29) is 12.0 Å². The number of ether oxygens (including phenoxy) is 1. The van der Waals surface area contributed by atoms with E-state index < -0.39 is 0 Å². The standard InChI is InChI=1S/C12H18N2O2/c1-9(16-2)7-8-12(15)14-11-6-4-3-5-10(11)13/h3-6,9H,7-8,13H2,1-2H3,(H,14,15). The molecular formula is C12H18N2O2. The average Bonchev–Trinajstić information content (AvgIpc) is 2.29. The molecule has 0 aliphatic carbocycles. The third kappa shape index (κ3) is 3.90. The SMILES string of the molecule is COC(C)CCC(=O)Nc1ccccc1N. The van der Waals surface area contributed by atoms with Gasteiger partial charge in [0.05, 0.1) is 17.5 Å². The van der Waals surface area contributed by atoms with Crippen molar-refractivity contribution in [1.29, 1.82) is 0 Å². The van der Waals surface area contributed by atoms with Crippen molar-refractivity contribution < 1.29 is 9.53 Å². The van der Waals surface area contributed by atoms with Crippen molar-refractivity contribution in [2.45, 2.75) is 25.9 Å². The highest BCUT2D eigenvalue weighted by atomic mass is 16.5. The minimum Gasteiger partial charge on any atom is -0.397 e. The molecule has 1 aromatic carbocycles. The second-order valence-corrected chi connectivity index (χ2v) is 3.72. The van der Waals surface area contributed by atoms with Gasteiger partial charge in [0.25, 0.3) is 0 Å². The van der Waals surface area contributed by atoms with Crippen LogP contribution in [0.5, 0.6) is 0 Å². The minimum absolute atomic E-state index is 0.0400. The van der Waals surface area contributed by atoms with Crippen LogP contribution in [0.4, 0.5) is 11.4 Å². The maximum Gasteiger partial charge on any atom is 0.224 e. The molecule has 0 spiro atoms. The summed E-state index contributed by atoms with van der Waals surface area (Å²) in [5, 5.41) is 2.77. The van der Waals surface area contributed by atoms with Gasteiger partial charge in [-0.25, -0.2) is 0 Å². The largest absolute Gasteiger partial charge is 0.397 e. The fraction of sp³-hybridized carbons (Fsp3) is 0.417. The normalized spacial score (nSPS) is 12.1. The summed E-state index contributed by atoms with van der Waals surface area (Å²) >= 11 is 0. The Labute approximate surface area is 95.8 Å². The van der Waals surface area contributed by atoms with Gasteiger partial charge in [0.1, 0.15) is 0 Å². The van der Waals surface area contributed by atoms with Crippen LogP contribution in [0.25, 0.3) is 0 Å². The van der Waals surface area contributed by atoms with Crippen molar-refractivity contribution in [3.05, 3.63) is 24.3 Å². The molecule has 1 aromatic rings. The molecule has 4 heteroatoms. The molecule has 0 fully saturated rings. The summed E-state index contributed by atoms with van der Waals surface area (Å²) in [4.78, 5) is 11.6. The van der Waals surface area contributed by atoms with Crippen LogP contribution in [0.1, 0.15) is 19.8 Å². The zero-order valence-electron chi connectivity index (χ0n) is 9.69. The first-order chi connectivity index (χ1) is 7.63. The number of rotatable bonds is 5. The number of amides is 1. The molecule has 16 heavy (non-hydrogen) atoms. The molecular weight excluding hydrogens is 204 g/mol. The number of methoxy groups -OCH3 is 1. The van der Waals surface area contributed by atoms with Crippen molar-refractivity contribution >= 4 is 17.3 Å². The molecule has 0 aliphatic heterocycles. The Hall–Kier alpha value is -1.55. The zero-order valence-corrected chi connectivity index (χ0v) is 9.69. The maximum absolute atomic E-state index is 11.6.